The predicted octanol–water partition coefficient (Wildman–Crippen LogP) is 4.20. The van der Waals surface area contributed by atoms with Crippen molar-refractivity contribution in [3.05, 3.63) is 54.4 Å². The number of nitrogens with one attached hydrogen (secondary N) is 2. The fourth-order valence-electron chi connectivity index (χ4n) is 3.75. The number of rotatable bonds is 6. The number of benzene rings is 2. The molecule has 3 heterocycles. The van der Waals surface area contributed by atoms with E-state index in [2.05, 4.69) is 63.3 Å². The molecular weight excluding hydrogens is 426 g/mol. The van der Waals surface area contributed by atoms with Gasteiger partial charge in [-0.3, -0.25) is 4.79 Å². The van der Waals surface area contributed by atoms with Crippen molar-refractivity contribution in [2.45, 2.75) is 20.5 Å². The van der Waals surface area contributed by atoms with Crippen LogP contribution in [-0.2, 0) is 11.4 Å². The van der Waals surface area contributed by atoms with Crippen molar-refractivity contribution in [1.29, 1.82) is 0 Å². The molecule has 0 saturated carbocycles. The molecule has 1 aliphatic rings. The van der Waals surface area contributed by atoms with E-state index in [9.17, 15) is 4.79 Å². The third kappa shape index (κ3) is 4.06. The summed E-state index contributed by atoms with van der Waals surface area (Å²) in [6.45, 7) is 4.26. The Balaban J connectivity index is 1.44. The van der Waals surface area contributed by atoms with Crippen LogP contribution in [0.15, 0.2) is 48.8 Å². The highest BCUT2D eigenvalue weighted by molar-refractivity contribution is 7.64. The van der Waals surface area contributed by atoms with Crippen molar-refractivity contribution in [2.75, 3.05) is 6.16 Å². The molecule has 0 radical (unpaired) electrons. The molecule has 6 nitrogen and oxygen atoms in total. The van der Waals surface area contributed by atoms with E-state index in [4.69, 9.17) is 4.74 Å². The van der Waals surface area contributed by atoms with Crippen molar-refractivity contribution in [2.24, 2.45) is 0 Å². The first-order valence-corrected chi connectivity index (χ1v) is 12.3. The van der Waals surface area contributed by atoms with Gasteiger partial charge < -0.3 is 14.7 Å². The average Bonchev–Trinajstić information content (AvgIpc) is 3.42. The van der Waals surface area contributed by atoms with Crippen LogP contribution in [0.25, 0.3) is 33.6 Å². The molecule has 0 saturated heterocycles. The fourth-order valence-corrected chi connectivity index (χ4v) is 5.13. The molecule has 0 bridgehead atoms. The maximum Gasteiger partial charge on any atom is 0.155 e. The highest BCUT2D eigenvalue weighted by atomic mass is 31.1. The summed E-state index contributed by atoms with van der Waals surface area (Å²) >= 11 is 0. The fraction of sp³-hybridized carbons (Fsp3) is 0.174. The number of H-pyrrole nitrogens is 2. The van der Waals surface area contributed by atoms with Gasteiger partial charge in [0.05, 0.1) is 23.8 Å². The van der Waals surface area contributed by atoms with Gasteiger partial charge in [0, 0.05) is 19.7 Å². The lowest BCUT2D eigenvalue weighted by molar-refractivity contribution is -0.109. The van der Waals surface area contributed by atoms with Crippen LogP contribution < -0.4 is 15.9 Å². The lowest BCUT2D eigenvalue weighted by Gasteiger charge is -2.22. The molecule has 4 aromatic rings. The molecule has 0 aliphatic carbocycles. The van der Waals surface area contributed by atoms with E-state index in [0.29, 0.717) is 15.2 Å². The van der Waals surface area contributed by atoms with Crippen molar-refractivity contribution in [3.8, 4) is 39.4 Å². The van der Waals surface area contributed by atoms with Crippen LogP contribution in [0.3, 0.4) is 0 Å². The SMILES string of the molecule is CCPc1ncc(-c2ccc3c(c2)OCc2cc(-c4cnc(PC(C)=O)[nH]4)ccc2-3)[nH]1. The molecule has 1 aliphatic heterocycles. The number of carbonyl (C=O) groups is 1. The first-order valence-electron chi connectivity index (χ1n) is 10.1. The monoisotopic (exact) mass is 448 g/mol. The molecule has 0 fully saturated rings. The van der Waals surface area contributed by atoms with Crippen LogP contribution in [0, 0.1) is 0 Å². The quantitative estimate of drug-likeness (QED) is 0.433. The van der Waals surface area contributed by atoms with Gasteiger partial charge in [0.2, 0.25) is 0 Å². The van der Waals surface area contributed by atoms with Crippen LogP contribution in [0.2, 0.25) is 0 Å². The summed E-state index contributed by atoms with van der Waals surface area (Å²) in [4.78, 5) is 26.8. The van der Waals surface area contributed by atoms with Gasteiger partial charge in [-0.2, -0.15) is 0 Å². The summed E-state index contributed by atoms with van der Waals surface area (Å²) in [5.74, 6) is 0.887. The third-order valence-electron chi connectivity index (χ3n) is 5.17. The van der Waals surface area contributed by atoms with Crippen LogP contribution in [0.4, 0.5) is 0 Å². The highest BCUT2D eigenvalue weighted by Crippen LogP contribution is 2.40. The highest BCUT2D eigenvalue weighted by Gasteiger charge is 2.19. The van der Waals surface area contributed by atoms with Gasteiger partial charge in [0.1, 0.15) is 23.5 Å². The first kappa shape index (κ1) is 20.1. The van der Waals surface area contributed by atoms with E-state index in [-0.39, 0.29) is 14.1 Å². The lowest BCUT2D eigenvalue weighted by Crippen LogP contribution is -2.06. The van der Waals surface area contributed by atoms with Crippen LogP contribution >= 0.6 is 17.2 Å². The van der Waals surface area contributed by atoms with E-state index >= 15 is 0 Å². The maximum absolute atomic E-state index is 11.3. The normalized spacial score (nSPS) is 13.0. The van der Waals surface area contributed by atoms with Crippen molar-refractivity contribution in [1.82, 2.24) is 19.9 Å². The van der Waals surface area contributed by atoms with Crippen LogP contribution in [0.1, 0.15) is 19.4 Å². The Hall–Kier alpha value is -2.81. The van der Waals surface area contributed by atoms with Crippen LogP contribution in [0.5, 0.6) is 5.75 Å². The number of hydrogen-bond donors (Lipinski definition) is 2. The summed E-state index contributed by atoms with van der Waals surface area (Å²) in [6, 6.07) is 12.7. The number of aromatic nitrogens is 4. The van der Waals surface area contributed by atoms with Gasteiger partial charge in [0.15, 0.2) is 5.52 Å². The largest absolute Gasteiger partial charge is 0.488 e. The zero-order chi connectivity index (χ0) is 21.4. The van der Waals surface area contributed by atoms with Crippen molar-refractivity contribution < 1.29 is 9.53 Å². The second-order valence-electron chi connectivity index (χ2n) is 7.37. The molecule has 156 valence electrons. The Morgan fingerprint density at radius 2 is 1.68 bits per heavy atom. The van der Waals surface area contributed by atoms with Gasteiger partial charge in [0.25, 0.3) is 0 Å². The summed E-state index contributed by atoms with van der Waals surface area (Å²) in [5, 5.41) is 0. The number of nitrogens with zero attached hydrogens (tertiary/aromatic N) is 2. The Morgan fingerprint density at radius 3 is 2.42 bits per heavy atom. The van der Waals surface area contributed by atoms with Crippen LogP contribution in [-0.4, -0.2) is 31.6 Å². The lowest BCUT2D eigenvalue weighted by atomic mass is 9.93. The maximum atomic E-state index is 11.3. The smallest absolute Gasteiger partial charge is 0.155 e. The number of aromatic amines is 2. The second kappa shape index (κ2) is 8.37. The van der Waals surface area contributed by atoms with Gasteiger partial charge in [-0.1, -0.05) is 33.7 Å². The topological polar surface area (TPSA) is 83.7 Å². The number of carbonyl (C=O) groups excluding carboxylic acids is 1. The van der Waals surface area contributed by atoms with Crippen molar-refractivity contribution in [3.63, 3.8) is 0 Å². The molecule has 2 unspecified atom stereocenters. The van der Waals surface area contributed by atoms with Gasteiger partial charge in [-0.05, 0) is 48.0 Å². The number of imidazole rings is 2. The Bertz CT molecular complexity index is 1280. The molecule has 2 atom stereocenters. The Morgan fingerprint density at radius 1 is 1.00 bits per heavy atom. The second-order valence-corrected chi connectivity index (χ2v) is 10.3. The minimum atomic E-state index is 0.0598. The molecule has 0 amide bonds. The molecule has 2 aromatic carbocycles. The number of ether oxygens (including phenoxy) is 1. The summed E-state index contributed by atoms with van der Waals surface area (Å²) < 4.78 is 6.11. The molecular formula is C23H22N4O2P2. The molecule has 0 spiro atoms. The Kier molecular flexibility index (Phi) is 5.43. The van der Waals surface area contributed by atoms with Gasteiger partial charge in [-0.25, -0.2) is 9.97 Å². The number of fused-ring (bicyclic) bond motifs is 3. The van der Waals surface area contributed by atoms with E-state index in [1.807, 2.05) is 6.20 Å². The minimum Gasteiger partial charge on any atom is -0.488 e. The number of hydrogen-bond acceptors (Lipinski definition) is 4. The summed E-state index contributed by atoms with van der Waals surface area (Å²) in [5.41, 5.74) is 9.33. The van der Waals surface area contributed by atoms with E-state index in [0.717, 1.165) is 56.7 Å². The summed E-state index contributed by atoms with van der Waals surface area (Å²) in [6.07, 6.45) is 4.78. The summed E-state index contributed by atoms with van der Waals surface area (Å²) in [7, 11) is 0.760. The van der Waals surface area contributed by atoms with E-state index in [1.165, 1.54) is 5.56 Å². The molecule has 31 heavy (non-hydrogen) atoms. The third-order valence-corrected chi connectivity index (χ3v) is 6.96. The minimum absolute atomic E-state index is 0.0598. The molecule has 5 rings (SSSR count). The van der Waals surface area contributed by atoms with Gasteiger partial charge >= 0.3 is 0 Å². The average molecular weight is 448 g/mol. The first-order chi connectivity index (χ1) is 15.1. The van der Waals surface area contributed by atoms with E-state index < -0.39 is 0 Å². The Labute approximate surface area is 183 Å². The standard InChI is InChI=1S/C23H22N4O2P2/c1-3-30-22-24-10-20(26-22)15-5-7-18-17-6-4-14(8-16(17)12-29-21(18)9-15)19-11-25-23(27-19)31-13(2)28/h4-11,30-31H,3,12H2,1-2H3,(H,24,26)(H,25,27). The molecule has 2 N–H and O–H groups in total. The predicted molar refractivity (Wildman–Crippen MR) is 128 cm³/mol. The van der Waals surface area contributed by atoms with Gasteiger partial charge in [-0.15, -0.1) is 0 Å². The zero-order valence-electron chi connectivity index (χ0n) is 17.2. The molecule has 8 heteroatoms. The van der Waals surface area contributed by atoms with E-state index in [1.54, 1.807) is 13.1 Å². The van der Waals surface area contributed by atoms with Crippen molar-refractivity contribution >= 4 is 33.8 Å². The zero-order valence-corrected chi connectivity index (χ0v) is 19.2. The molecule has 2 aromatic heterocycles.